The molecule has 3 N–H and O–H groups in total. The molecule has 1 fully saturated rings. The Labute approximate surface area is 123 Å². The molecule has 2 unspecified atom stereocenters. The summed E-state index contributed by atoms with van der Waals surface area (Å²) in [5.74, 6) is -1.03. The second-order valence-corrected chi connectivity index (χ2v) is 7.25. The lowest BCUT2D eigenvalue weighted by Gasteiger charge is -2.11. The smallest absolute Gasteiger partial charge is 0.335 e. The number of carbonyl (C=O) groups is 1. The minimum atomic E-state index is -3.45. The van der Waals surface area contributed by atoms with E-state index in [9.17, 15) is 18.3 Å². The molecule has 1 saturated carbocycles. The van der Waals surface area contributed by atoms with Crippen molar-refractivity contribution in [1.29, 1.82) is 0 Å². The van der Waals surface area contributed by atoms with Crippen molar-refractivity contribution in [3.05, 3.63) is 35.4 Å². The minimum absolute atomic E-state index is 0.129. The third-order valence-corrected chi connectivity index (χ3v) is 4.98. The monoisotopic (exact) mass is 313 g/mol. The minimum Gasteiger partial charge on any atom is -0.478 e. The molecule has 7 heteroatoms. The van der Waals surface area contributed by atoms with Gasteiger partial charge in [0.05, 0.1) is 17.4 Å². The maximum absolute atomic E-state index is 12.0. The summed E-state index contributed by atoms with van der Waals surface area (Å²) in [5.41, 5.74) is 0.669. The van der Waals surface area contributed by atoms with Crippen molar-refractivity contribution < 1.29 is 23.4 Å². The maximum atomic E-state index is 12.0. The first-order valence-corrected chi connectivity index (χ1v) is 8.48. The van der Waals surface area contributed by atoms with Crippen LogP contribution in [0.2, 0.25) is 0 Å². The van der Waals surface area contributed by atoms with Gasteiger partial charge in [-0.05, 0) is 42.9 Å². The molecule has 0 aromatic heterocycles. The van der Waals surface area contributed by atoms with Crippen LogP contribution in [0.1, 0.15) is 35.2 Å². The average molecular weight is 313 g/mol. The van der Waals surface area contributed by atoms with Gasteiger partial charge in [0.2, 0.25) is 10.0 Å². The number of hydrogen-bond donors (Lipinski definition) is 3. The number of benzene rings is 1. The molecule has 6 nitrogen and oxygen atoms in total. The van der Waals surface area contributed by atoms with Crippen LogP contribution in [0.15, 0.2) is 24.3 Å². The molecule has 1 aromatic rings. The fourth-order valence-electron chi connectivity index (χ4n) is 2.49. The van der Waals surface area contributed by atoms with Gasteiger partial charge in [-0.25, -0.2) is 17.9 Å². The van der Waals surface area contributed by atoms with Gasteiger partial charge < -0.3 is 10.2 Å². The summed E-state index contributed by atoms with van der Waals surface area (Å²) in [4.78, 5) is 10.7. The van der Waals surface area contributed by atoms with E-state index in [0.29, 0.717) is 18.5 Å². The first-order chi connectivity index (χ1) is 9.85. The van der Waals surface area contributed by atoms with E-state index in [1.54, 1.807) is 0 Å². The van der Waals surface area contributed by atoms with Gasteiger partial charge in [-0.2, -0.15) is 0 Å². The summed E-state index contributed by atoms with van der Waals surface area (Å²) >= 11 is 0. The zero-order chi connectivity index (χ0) is 15.5. The Morgan fingerprint density at radius 3 is 2.43 bits per heavy atom. The third-order valence-electron chi connectivity index (χ3n) is 3.66. The Morgan fingerprint density at radius 1 is 1.24 bits per heavy atom. The Morgan fingerprint density at radius 2 is 1.90 bits per heavy atom. The van der Waals surface area contributed by atoms with E-state index >= 15 is 0 Å². The molecule has 116 valence electrons. The van der Waals surface area contributed by atoms with Gasteiger partial charge in [0.1, 0.15) is 0 Å². The van der Waals surface area contributed by atoms with Crippen molar-refractivity contribution in [2.24, 2.45) is 5.92 Å². The van der Waals surface area contributed by atoms with Crippen LogP contribution in [0.5, 0.6) is 0 Å². The fraction of sp³-hybridized carbons (Fsp3) is 0.500. The molecule has 0 spiro atoms. The van der Waals surface area contributed by atoms with Crippen molar-refractivity contribution in [2.45, 2.75) is 31.1 Å². The molecule has 21 heavy (non-hydrogen) atoms. The lowest BCUT2D eigenvalue weighted by molar-refractivity contribution is 0.0697. The summed E-state index contributed by atoms with van der Waals surface area (Å²) in [6, 6.07) is 5.78. The van der Waals surface area contributed by atoms with Crippen molar-refractivity contribution in [3.8, 4) is 0 Å². The maximum Gasteiger partial charge on any atom is 0.335 e. The first-order valence-electron chi connectivity index (χ1n) is 6.83. The number of carboxylic acid groups (broad SMARTS) is 1. The molecular weight excluding hydrogens is 294 g/mol. The average Bonchev–Trinajstić information content (AvgIpc) is 2.83. The number of aliphatic hydroxyl groups excluding tert-OH is 1. The van der Waals surface area contributed by atoms with Crippen molar-refractivity contribution >= 4 is 16.0 Å². The molecule has 2 atom stereocenters. The summed E-state index contributed by atoms with van der Waals surface area (Å²) in [6.45, 7) is 0.340. The largest absolute Gasteiger partial charge is 0.478 e. The van der Waals surface area contributed by atoms with Crippen LogP contribution < -0.4 is 4.72 Å². The zero-order valence-electron chi connectivity index (χ0n) is 11.5. The van der Waals surface area contributed by atoms with Gasteiger partial charge in [0.15, 0.2) is 0 Å². The van der Waals surface area contributed by atoms with E-state index < -0.39 is 16.0 Å². The van der Waals surface area contributed by atoms with Crippen molar-refractivity contribution in [1.82, 2.24) is 4.72 Å². The molecule has 1 aliphatic carbocycles. The number of aromatic carboxylic acids is 1. The highest BCUT2D eigenvalue weighted by Gasteiger charge is 2.24. The summed E-state index contributed by atoms with van der Waals surface area (Å²) in [6.07, 6.45) is 1.87. The molecule has 0 heterocycles. The van der Waals surface area contributed by atoms with Crippen LogP contribution in [0.25, 0.3) is 0 Å². The summed E-state index contributed by atoms with van der Waals surface area (Å²) in [5, 5.41) is 18.2. The van der Waals surface area contributed by atoms with Gasteiger partial charge in [-0.1, -0.05) is 12.1 Å². The number of rotatable bonds is 6. The number of hydrogen-bond acceptors (Lipinski definition) is 4. The zero-order valence-corrected chi connectivity index (χ0v) is 12.3. The molecule has 0 bridgehead atoms. The molecule has 0 saturated heterocycles. The highest BCUT2D eigenvalue weighted by atomic mass is 32.2. The Hall–Kier alpha value is -1.44. The third kappa shape index (κ3) is 4.80. The van der Waals surface area contributed by atoms with Gasteiger partial charge in [0.25, 0.3) is 0 Å². The number of carboxylic acids is 1. The van der Waals surface area contributed by atoms with Gasteiger partial charge in [-0.15, -0.1) is 0 Å². The van der Waals surface area contributed by atoms with Gasteiger partial charge in [-0.3, -0.25) is 0 Å². The fourth-order valence-corrected chi connectivity index (χ4v) is 3.72. The molecule has 0 radical (unpaired) electrons. The molecular formula is C14H19NO5S. The SMILES string of the molecule is O=C(O)c1ccc(CS(=O)(=O)NCC2CCC(O)C2)cc1. The molecule has 0 aliphatic heterocycles. The molecule has 1 aromatic carbocycles. The Bertz CT molecular complexity index is 596. The second-order valence-electron chi connectivity index (χ2n) is 5.44. The first kappa shape index (κ1) is 15.9. The van der Waals surface area contributed by atoms with E-state index in [1.807, 2.05) is 0 Å². The Kier molecular flexibility index (Phi) is 4.97. The standard InChI is InChI=1S/C14H19NO5S/c16-13-6-3-11(7-13)8-15-21(19,20)9-10-1-4-12(5-2-10)14(17)18/h1-2,4-5,11,13,15-16H,3,6-9H2,(H,17,18). The normalized spacial score (nSPS) is 22.3. The van der Waals surface area contributed by atoms with Crippen LogP contribution in [-0.4, -0.2) is 37.2 Å². The lowest BCUT2D eigenvalue weighted by atomic mass is 10.1. The van der Waals surface area contributed by atoms with Crippen LogP contribution in [0, 0.1) is 5.92 Å². The van der Waals surface area contributed by atoms with Crippen molar-refractivity contribution in [3.63, 3.8) is 0 Å². The van der Waals surface area contributed by atoms with Crippen LogP contribution in [-0.2, 0) is 15.8 Å². The predicted octanol–water partition coefficient (Wildman–Crippen LogP) is 0.965. The Balaban J connectivity index is 1.89. The highest BCUT2D eigenvalue weighted by Crippen LogP contribution is 2.24. The molecule has 2 rings (SSSR count). The van der Waals surface area contributed by atoms with E-state index in [0.717, 1.165) is 12.8 Å². The topological polar surface area (TPSA) is 104 Å². The van der Waals surface area contributed by atoms with Crippen LogP contribution in [0.3, 0.4) is 0 Å². The van der Waals surface area contributed by atoms with E-state index in [4.69, 9.17) is 5.11 Å². The quantitative estimate of drug-likeness (QED) is 0.726. The number of nitrogens with one attached hydrogen (secondary N) is 1. The lowest BCUT2D eigenvalue weighted by Crippen LogP contribution is -2.29. The van der Waals surface area contributed by atoms with E-state index in [1.165, 1.54) is 24.3 Å². The van der Waals surface area contributed by atoms with Crippen LogP contribution >= 0.6 is 0 Å². The van der Waals surface area contributed by atoms with E-state index in [2.05, 4.69) is 4.72 Å². The predicted molar refractivity (Wildman–Crippen MR) is 77.4 cm³/mol. The van der Waals surface area contributed by atoms with Gasteiger partial charge in [0, 0.05) is 6.54 Å². The highest BCUT2D eigenvalue weighted by molar-refractivity contribution is 7.88. The number of aliphatic hydroxyl groups is 1. The second kappa shape index (κ2) is 6.55. The number of sulfonamides is 1. The van der Waals surface area contributed by atoms with E-state index in [-0.39, 0.29) is 23.3 Å². The van der Waals surface area contributed by atoms with Gasteiger partial charge >= 0.3 is 5.97 Å². The van der Waals surface area contributed by atoms with Crippen LogP contribution in [0.4, 0.5) is 0 Å². The summed E-state index contributed by atoms with van der Waals surface area (Å²) in [7, 11) is -3.45. The summed E-state index contributed by atoms with van der Waals surface area (Å²) < 4.78 is 26.5. The molecule has 0 amide bonds. The molecule has 1 aliphatic rings. The van der Waals surface area contributed by atoms with Crippen molar-refractivity contribution in [2.75, 3.05) is 6.54 Å².